The fraction of sp³-hybridized carbons (Fsp3) is 0.235. The molecular weight excluding hydrogens is 367 g/mol. The molecule has 2 aromatic rings. The predicted molar refractivity (Wildman–Crippen MR) is 95.6 cm³/mol. The second-order valence-corrected chi connectivity index (χ2v) is 7.81. The maximum atomic E-state index is 13.9. The fourth-order valence-electron chi connectivity index (χ4n) is 2.15. The molecule has 0 atom stereocenters. The first-order chi connectivity index (χ1) is 11.7. The highest BCUT2D eigenvalue weighted by molar-refractivity contribution is 7.92. The highest BCUT2D eigenvalue weighted by Gasteiger charge is 2.20. The number of carbonyl (C=O) groups excluding carboxylic acids is 1. The Bertz CT molecular complexity index is 868. The SMILES string of the molecule is CC(C)NC(=O)Cc1ccc(NS(=O)(=O)c2cccc(Cl)c2F)cc1. The van der Waals surface area contributed by atoms with Gasteiger partial charge in [-0.1, -0.05) is 29.8 Å². The lowest BCUT2D eigenvalue weighted by Gasteiger charge is -2.11. The normalized spacial score (nSPS) is 11.4. The van der Waals surface area contributed by atoms with Crippen LogP contribution in [0.3, 0.4) is 0 Å². The summed E-state index contributed by atoms with van der Waals surface area (Å²) in [5.74, 6) is -1.12. The monoisotopic (exact) mass is 384 g/mol. The minimum absolute atomic E-state index is 0.0474. The maximum Gasteiger partial charge on any atom is 0.264 e. The second-order valence-electron chi connectivity index (χ2n) is 5.75. The molecule has 0 saturated heterocycles. The van der Waals surface area contributed by atoms with E-state index < -0.39 is 20.7 Å². The van der Waals surface area contributed by atoms with Crippen molar-refractivity contribution < 1.29 is 17.6 Å². The lowest BCUT2D eigenvalue weighted by molar-refractivity contribution is -0.120. The summed E-state index contributed by atoms with van der Waals surface area (Å²) in [5, 5.41) is 2.50. The van der Waals surface area contributed by atoms with Crippen LogP contribution < -0.4 is 10.0 Å². The third kappa shape index (κ3) is 5.17. The first-order valence-electron chi connectivity index (χ1n) is 7.54. The van der Waals surface area contributed by atoms with Gasteiger partial charge in [0.25, 0.3) is 10.0 Å². The summed E-state index contributed by atoms with van der Waals surface area (Å²) >= 11 is 5.62. The smallest absolute Gasteiger partial charge is 0.264 e. The molecule has 0 unspecified atom stereocenters. The van der Waals surface area contributed by atoms with Gasteiger partial charge in [0.2, 0.25) is 5.91 Å². The summed E-state index contributed by atoms with van der Waals surface area (Å²) in [4.78, 5) is 11.2. The molecule has 25 heavy (non-hydrogen) atoms. The van der Waals surface area contributed by atoms with Crippen molar-refractivity contribution in [3.8, 4) is 0 Å². The highest BCUT2D eigenvalue weighted by atomic mass is 35.5. The zero-order valence-corrected chi connectivity index (χ0v) is 15.3. The molecule has 134 valence electrons. The van der Waals surface area contributed by atoms with Gasteiger partial charge < -0.3 is 5.32 Å². The molecule has 0 spiro atoms. The molecule has 0 aliphatic heterocycles. The molecule has 0 bridgehead atoms. The van der Waals surface area contributed by atoms with Crippen molar-refractivity contribution in [1.82, 2.24) is 5.32 Å². The van der Waals surface area contributed by atoms with E-state index in [1.165, 1.54) is 24.3 Å². The number of nitrogens with one attached hydrogen (secondary N) is 2. The molecule has 0 heterocycles. The molecule has 5 nitrogen and oxygen atoms in total. The third-order valence-corrected chi connectivity index (χ3v) is 4.92. The maximum absolute atomic E-state index is 13.9. The lowest BCUT2D eigenvalue weighted by Crippen LogP contribution is -2.31. The number of hydrogen-bond donors (Lipinski definition) is 2. The fourth-order valence-corrected chi connectivity index (χ4v) is 3.54. The Morgan fingerprint density at radius 2 is 1.80 bits per heavy atom. The van der Waals surface area contributed by atoms with Gasteiger partial charge in [-0.05, 0) is 43.7 Å². The van der Waals surface area contributed by atoms with Gasteiger partial charge in [-0.25, -0.2) is 12.8 Å². The zero-order valence-electron chi connectivity index (χ0n) is 13.7. The molecule has 0 saturated carbocycles. The van der Waals surface area contributed by atoms with E-state index in [2.05, 4.69) is 10.0 Å². The number of benzene rings is 2. The second kappa shape index (κ2) is 7.84. The van der Waals surface area contributed by atoms with Crippen LogP contribution in [0.25, 0.3) is 0 Å². The minimum Gasteiger partial charge on any atom is -0.354 e. The molecule has 0 fully saturated rings. The van der Waals surface area contributed by atoms with Gasteiger partial charge in [-0.2, -0.15) is 0 Å². The highest BCUT2D eigenvalue weighted by Crippen LogP contribution is 2.24. The Labute approximate surface area is 151 Å². The van der Waals surface area contributed by atoms with Gasteiger partial charge in [0.05, 0.1) is 11.4 Å². The van der Waals surface area contributed by atoms with Crippen LogP contribution in [0.5, 0.6) is 0 Å². The minimum atomic E-state index is -4.11. The summed E-state index contributed by atoms with van der Waals surface area (Å²) in [6, 6.07) is 10.1. The van der Waals surface area contributed by atoms with E-state index in [0.29, 0.717) is 0 Å². The summed E-state index contributed by atoms with van der Waals surface area (Å²) < 4.78 is 40.8. The van der Waals surface area contributed by atoms with Gasteiger partial charge >= 0.3 is 0 Å². The quantitative estimate of drug-likeness (QED) is 0.802. The molecule has 0 aliphatic carbocycles. The molecular formula is C17H18ClFN2O3S. The first-order valence-corrected chi connectivity index (χ1v) is 9.40. The number of rotatable bonds is 6. The van der Waals surface area contributed by atoms with Crippen LogP contribution in [-0.4, -0.2) is 20.4 Å². The number of sulfonamides is 1. The van der Waals surface area contributed by atoms with E-state index in [1.807, 2.05) is 13.8 Å². The van der Waals surface area contributed by atoms with Gasteiger partial charge in [-0.3, -0.25) is 9.52 Å². The van der Waals surface area contributed by atoms with E-state index in [-0.39, 0.29) is 29.1 Å². The zero-order chi connectivity index (χ0) is 18.6. The van der Waals surface area contributed by atoms with Crippen molar-refractivity contribution in [2.45, 2.75) is 31.2 Å². The van der Waals surface area contributed by atoms with Crippen LogP contribution in [0.4, 0.5) is 10.1 Å². The van der Waals surface area contributed by atoms with E-state index >= 15 is 0 Å². The molecule has 2 aromatic carbocycles. The largest absolute Gasteiger partial charge is 0.354 e. The average Bonchev–Trinajstić information content (AvgIpc) is 2.50. The van der Waals surface area contributed by atoms with E-state index in [0.717, 1.165) is 11.6 Å². The summed E-state index contributed by atoms with van der Waals surface area (Å²) in [6.45, 7) is 3.73. The van der Waals surface area contributed by atoms with Crippen LogP contribution in [0, 0.1) is 5.82 Å². The van der Waals surface area contributed by atoms with Crippen LogP contribution in [-0.2, 0) is 21.2 Å². The third-order valence-electron chi connectivity index (χ3n) is 3.23. The topological polar surface area (TPSA) is 75.3 Å². The molecule has 2 rings (SSSR count). The number of carbonyl (C=O) groups is 1. The molecule has 2 N–H and O–H groups in total. The summed E-state index contributed by atoms with van der Waals surface area (Å²) in [5.41, 5.74) is 0.988. The molecule has 8 heteroatoms. The van der Waals surface area contributed by atoms with Crippen molar-refractivity contribution >= 4 is 33.2 Å². The van der Waals surface area contributed by atoms with Crippen molar-refractivity contribution in [3.63, 3.8) is 0 Å². The Morgan fingerprint density at radius 1 is 1.16 bits per heavy atom. The Balaban J connectivity index is 2.13. The van der Waals surface area contributed by atoms with E-state index in [4.69, 9.17) is 11.6 Å². The molecule has 1 amide bonds. The molecule has 0 radical (unpaired) electrons. The van der Waals surface area contributed by atoms with Gasteiger partial charge in [-0.15, -0.1) is 0 Å². The van der Waals surface area contributed by atoms with Crippen molar-refractivity contribution in [3.05, 3.63) is 58.9 Å². The Morgan fingerprint density at radius 3 is 2.40 bits per heavy atom. The van der Waals surface area contributed by atoms with E-state index in [1.54, 1.807) is 12.1 Å². The standard InChI is InChI=1S/C17H18ClFN2O3S/c1-11(2)20-16(22)10-12-6-8-13(9-7-12)21-25(23,24)15-5-3-4-14(18)17(15)19/h3-9,11,21H,10H2,1-2H3,(H,20,22). The molecule has 0 aliphatic rings. The van der Waals surface area contributed by atoms with Crippen molar-refractivity contribution in [2.75, 3.05) is 4.72 Å². The number of amides is 1. The van der Waals surface area contributed by atoms with Gasteiger partial charge in [0.1, 0.15) is 4.90 Å². The van der Waals surface area contributed by atoms with Crippen LogP contribution in [0.1, 0.15) is 19.4 Å². The van der Waals surface area contributed by atoms with Crippen molar-refractivity contribution in [2.24, 2.45) is 0 Å². The predicted octanol–water partition coefficient (Wildman–Crippen LogP) is 3.35. The Hall–Kier alpha value is -2.12. The average molecular weight is 385 g/mol. The number of halogens is 2. The van der Waals surface area contributed by atoms with Gasteiger partial charge in [0, 0.05) is 11.7 Å². The van der Waals surface area contributed by atoms with Crippen LogP contribution >= 0.6 is 11.6 Å². The summed E-state index contributed by atoms with van der Waals surface area (Å²) in [7, 11) is -4.11. The lowest BCUT2D eigenvalue weighted by atomic mass is 10.1. The van der Waals surface area contributed by atoms with Gasteiger partial charge in [0.15, 0.2) is 5.82 Å². The Kier molecular flexibility index (Phi) is 6.02. The van der Waals surface area contributed by atoms with Crippen LogP contribution in [0.2, 0.25) is 5.02 Å². The van der Waals surface area contributed by atoms with E-state index in [9.17, 15) is 17.6 Å². The summed E-state index contributed by atoms with van der Waals surface area (Å²) in [6.07, 6.45) is 0.189. The van der Waals surface area contributed by atoms with Crippen LogP contribution in [0.15, 0.2) is 47.4 Å². The van der Waals surface area contributed by atoms with Crippen molar-refractivity contribution in [1.29, 1.82) is 0 Å². The molecule has 0 aromatic heterocycles. The number of anilines is 1. The first kappa shape index (κ1) is 19.2. The number of hydrogen-bond acceptors (Lipinski definition) is 3.